The smallest absolute Gasteiger partial charge is 0.0615 e. The van der Waals surface area contributed by atoms with E-state index in [1.807, 2.05) is 7.05 Å². The van der Waals surface area contributed by atoms with Crippen LogP contribution in [0.4, 0.5) is 0 Å². The second-order valence-corrected chi connectivity index (χ2v) is 4.89. The van der Waals surface area contributed by atoms with E-state index >= 15 is 0 Å². The van der Waals surface area contributed by atoms with Crippen LogP contribution in [0, 0.1) is 0 Å². The molecule has 3 nitrogen and oxygen atoms in total. The number of nitrogens with one attached hydrogen (secondary N) is 1. The molecule has 0 radical (unpaired) electrons. The number of hydrogen-bond acceptors (Lipinski definition) is 3. The summed E-state index contributed by atoms with van der Waals surface area (Å²) >= 11 is 0. The molecule has 0 spiro atoms. The molecule has 0 amide bonds. The molecule has 0 aliphatic rings. The summed E-state index contributed by atoms with van der Waals surface area (Å²) in [7, 11) is 5.92. The van der Waals surface area contributed by atoms with E-state index in [9.17, 15) is 0 Å². The van der Waals surface area contributed by atoms with Crippen LogP contribution in [-0.2, 0) is 4.74 Å². The first kappa shape index (κ1) is 15.2. The van der Waals surface area contributed by atoms with Gasteiger partial charge in [0.2, 0.25) is 0 Å². The minimum absolute atomic E-state index is 0.329. The van der Waals surface area contributed by atoms with Crippen LogP contribution in [0.5, 0.6) is 0 Å². The number of benzene rings is 1. The topological polar surface area (TPSA) is 24.5 Å². The number of likely N-dealkylation sites (N-methyl/N-ethyl adjacent to an activating group) is 2. The molecule has 1 aromatic rings. The molecule has 1 aromatic carbocycles. The van der Waals surface area contributed by atoms with Gasteiger partial charge in [0.1, 0.15) is 0 Å². The van der Waals surface area contributed by atoms with Crippen LogP contribution in [0.2, 0.25) is 0 Å². The van der Waals surface area contributed by atoms with Crippen LogP contribution >= 0.6 is 0 Å². The van der Waals surface area contributed by atoms with Crippen molar-refractivity contribution in [3.8, 4) is 0 Å². The Bertz CT molecular complexity index is 329. The highest BCUT2D eigenvalue weighted by Crippen LogP contribution is 2.21. The lowest BCUT2D eigenvalue weighted by Gasteiger charge is -2.35. The zero-order chi connectivity index (χ0) is 13.5. The molecule has 18 heavy (non-hydrogen) atoms. The molecule has 0 aliphatic heterocycles. The quantitative estimate of drug-likeness (QED) is 0.803. The highest BCUT2D eigenvalue weighted by Gasteiger charge is 2.24. The summed E-state index contributed by atoms with van der Waals surface area (Å²) in [4.78, 5) is 2.36. The van der Waals surface area contributed by atoms with Gasteiger partial charge in [-0.15, -0.1) is 0 Å². The number of nitrogens with zero attached hydrogens (tertiary/aromatic N) is 1. The standard InChI is InChI=1S/C15H26N2O/c1-12(11-18-5)17(4)13(2)15(16-3)14-9-7-6-8-10-14/h6-10,12-13,15-16H,11H2,1-5H3. The van der Waals surface area contributed by atoms with Crippen molar-refractivity contribution < 1.29 is 4.74 Å². The molecule has 1 rings (SSSR count). The molecule has 0 aromatic heterocycles. The third-order valence-electron chi connectivity index (χ3n) is 3.70. The van der Waals surface area contributed by atoms with Crippen LogP contribution in [-0.4, -0.2) is 44.8 Å². The fourth-order valence-electron chi connectivity index (χ4n) is 2.34. The minimum Gasteiger partial charge on any atom is -0.383 e. The Labute approximate surface area is 111 Å². The first-order valence-electron chi connectivity index (χ1n) is 6.54. The fraction of sp³-hybridized carbons (Fsp3) is 0.600. The Morgan fingerprint density at radius 2 is 1.83 bits per heavy atom. The number of ether oxygens (including phenoxy) is 1. The SMILES string of the molecule is CNC(c1ccccc1)C(C)N(C)C(C)COC. The van der Waals surface area contributed by atoms with Crippen molar-refractivity contribution >= 4 is 0 Å². The minimum atomic E-state index is 0.329. The van der Waals surface area contributed by atoms with E-state index < -0.39 is 0 Å². The molecule has 0 saturated heterocycles. The lowest BCUT2D eigenvalue weighted by Crippen LogP contribution is -2.45. The van der Waals surface area contributed by atoms with Crippen molar-refractivity contribution in [2.75, 3.05) is 27.8 Å². The third-order valence-corrected chi connectivity index (χ3v) is 3.70. The predicted octanol–water partition coefficient (Wildman–Crippen LogP) is 2.30. The van der Waals surface area contributed by atoms with E-state index in [0.29, 0.717) is 18.1 Å². The van der Waals surface area contributed by atoms with Crippen LogP contribution in [0.25, 0.3) is 0 Å². The van der Waals surface area contributed by atoms with Crippen molar-refractivity contribution in [3.63, 3.8) is 0 Å². The molecular formula is C15H26N2O. The first-order valence-corrected chi connectivity index (χ1v) is 6.54. The Hall–Kier alpha value is -0.900. The van der Waals surface area contributed by atoms with Crippen molar-refractivity contribution in [3.05, 3.63) is 35.9 Å². The van der Waals surface area contributed by atoms with Gasteiger partial charge in [-0.3, -0.25) is 4.90 Å². The normalized spacial score (nSPS) is 16.6. The molecule has 0 saturated carbocycles. The third kappa shape index (κ3) is 3.80. The zero-order valence-electron chi connectivity index (χ0n) is 12.2. The molecule has 0 bridgehead atoms. The maximum absolute atomic E-state index is 5.23. The van der Waals surface area contributed by atoms with Gasteiger partial charge in [0.05, 0.1) is 6.61 Å². The summed E-state index contributed by atoms with van der Waals surface area (Å²) in [6.07, 6.45) is 0. The molecule has 0 fully saturated rings. The molecule has 3 atom stereocenters. The molecule has 3 heteroatoms. The van der Waals surface area contributed by atoms with Crippen LogP contribution < -0.4 is 5.32 Å². The summed E-state index contributed by atoms with van der Waals surface area (Å²) in [6, 6.07) is 11.7. The van der Waals surface area contributed by atoms with Gasteiger partial charge in [0, 0.05) is 25.2 Å². The molecular weight excluding hydrogens is 224 g/mol. The van der Waals surface area contributed by atoms with Gasteiger partial charge in [-0.05, 0) is 33.5 Å². The Kier molecular flexibility index (Phi) is 6.33. The fourth-order valence-corrected chi connectivity index (χ4v) is 2.34. The number of methoxy groups -OCH3 is 1. The van der Waals surface area contributed by atoms with E-state index in [2.05, 4.69) is 61.4 Å². The second-order valence-electron chi connectivity index (χ2n) is 4.89. The number of rotatable bonds is 7. The summed E-state index contributed by atoms with van der Waals surface area (Å²) in [5.74, 6) is 0. The number of hydrogen-bond donors (Lipinski definition) is 1. The molecule has 0 aliphatic carbocycles. The zero-order valence-corrected chi connectivity index (χ0v) is 12.2. The predicted molar refractivity (Wildman–Crippen MR) is 76.8 cm³/mol. The largest absolute Gasteiger partial charge is 0.383 e. The summed E-state index contributed by atoms with van der Waals surface area (Å²) in [5.41, 5.74) is 1.32. The van der Waals surface area contributed by atoms with Crippen LogP contribution in [0.1, 0.15) is 25.5 Å². The lowest BCUT2D eigenvalue weighted by molar-refractivity contribution is 0.0821. The average molecular weight is 250 g/mol. The van der Waals surface area contributed by atoms with Gasteiger partial charge in [-0.25, -0.2) is 0 Å². The van der Waals surface area contributed by atoms with Crippen molar-refractivity contribution in [2.45, 2.75) is 32.0 Å². The van der Waals surface area contributed by atoms with Crippen LogP contribution in [0.3, 0.4) is 0 Å². The van der Waals surface area contributed by atoms with Crippen LogP contribution in [0.15, 0.2) is 30.3 Å². The Morgan fingerprint density at radius 1 is 1.22 bits per heavy atom. The van der Waals surface area contributed by atoms with E-state index in [-0.39, 0.29) is 0 Å². The highest BCUT2D eigenvalue weighted by molar-refractivity contribution is 5.20. The van der Waals surface area contributed by atoms with E-state index in [1.54, 1.807) is 7.11 Å². The molecule has 1 N–H and O–H groups in total. The summed E-state index contributed by atoms with van der Waals surface area (Å²) in [6.45, 7) is 5.20. The second kappa shape index (κ2) is 7.52. The van der Waals surface area contributed by atoms with Gasteiger partial charge in [0.25, 0.3) is 0 Å². The Morgan fingerprint density at radius 3 is 2.33 bits per heavy atom. The van der Waals surface area contributed by atoms with E-state index in [4.69, 9.17) is 4.74 Å². The maximum atomic E-state index is 5.23. The summed E-state index contributed by atoms with van der Waals surface area (Å²) < 4.78 is 5.23. The molecule has 102 valence electrons. The molecule has 0 heterocycles. The monoisotopic (exact) mass is 250 g/mol. The molecule has 3 unspecified atom stereocenters. The van der Waals surface area contributed by atoms with Crippen molar-refractivity contribution in [1.29, 1.82) is 0 Å². The van der Waals surface area contributed by atoms with Gasteiger partial charge in [-0.2, -0.15) is 0 Å². The average Bonchev–Trinajstić information content (AvgIpc) is 2.40. The van der Waals surface area contributed by atoms with Crippen molar-refractivity contribution in [2.24, 2.45) is 0 Å². The van der Waals surface area contributed by atoms with Gasteiger partial charge < -0.3 is 10.1 Å². The lowest BCUT2D eigenvalue weighted by atomic mass is 9.99. The van der Waals surface area contributed by atoms with Gasteiger partial charge in [0.15, 0.2) is 0 Å². The van der Waals surface area contributed by atoms with E-state index in [1.165, 1.54) is 5.56 Å². The summed E-state index contributed by atoms with van der Waals surface area (Å²) in [5, 5.41) is 3.41. The van der Waals surface area contributed by atoms with E-state index in [0.717, 1.165) is 6.61 Å². The Balaban J connectivity index is 2.76. The first-order chi connectivity index (χ1) is 8.61. The highest BCUT2D eigenvalue weighted by atomic mass is 16.5. The van der Waals surface area contributed by atoms with Gasteiger partial charge >= 0.3 is 0 Å². The maximum Gasteiger partial charge on any atom is 0.0615 e. The van der Waals surface area contributed by atoms with Gasteiger partial charge in [-0.1, -0.05) is 30.3 Å². The van der Waals surface area contributed by atoms with Crippen molar-refractivity contribution in [1.82, 2.24) is 10.2 Å².